The van der Waals surface area contributed by atoms with E-state index in [0.717, 1.165) is 35.2 Å². The molecule has 1 amide bonds. The van der Waals surface area contributed by atoms with Crippen LogP contribution in [0.4, 0.5) is 0 Å². The number of methoxy groups -OCH3 is 1. The minimum atomic E-state index is -0.143. The molecule has 0 unspecified atom stereocenters. The number of amides is 1. The lowest BCUT2D eigenvalue weighted by Crippen LogP contribution is -2.24. The number of para-hydroxylation sites is 2. The number of carbonyl (C=O) groups excluding carboxylic acids is 1. The molecule has 0 aliphatic carbocycles. The first-order valence-corrected chi connectivity index (χ1v) is 10.3. The van der Waals surface area contributed by atoms with Crippen molar-refractivity contribution in [1.82, 2.24) is 20.1 Å². The summed E-state index contributed by atoms with van der Waals surface area (Å²) < 4.78 is 7.49. The highest BCUT2D eigenvalue weighted by Crippen LogP contribution is 2.29. The zero-order valence-electron chi connectivity index (χ0n) is 16.1. The smallest absolute Gasteiger partial charge is 0.251 e. The summed E-state index contributed by atoms with van der Waals surface area (Å²) in [6, 6.07) is 16.9. The maximum atomic E-state index is 12.4. The molecule has 0 spiro atoms. The van der Waals surface area contributed by atoms with E-state index in [-0.39, 0.29) is 12.5 Å². The highest BCUT2D eigenvalue weighted by molar-refractivity contribution is 7.99. The number of rotatable bonds is 9. The molecule has 28 heavy (non-hydrogen) atoms. The first-order chi connectivity index (χ1) is 13.7. The van der Waals surface area contributed by atoms with E-state index in [1.54, 1.807) is 31.0 Å². The van der Waals surface area contributed by atoms with Crippen molar-refractivity contribution in [2.24, 2.45) is 0 Å². The van der Waals surface area contributed by atoms with Crippen LogP contribution in [0.1, 0.15) is 35.9 Å². The van der Waals surface area contributed by atoms with Gasteiger partial charge >= 0.3 is 0 Å². The average molecular weight is 397 g/mol. The maximum absolute atomic E-state index is 12.4. The van der Waals surface area contributed by atoms with Gasteiger partial charge < -0.3 is 10.1 Å². The van der Waals surface area contributed by atoms with E-state index >= 15 is 0 Å². The summed E-state index contributed by atoms with van der Waals surface area (Å²) in [6.45, 7) is 2.43. The molecule has 0 atom stereocenters. The van der Waals surface area contributed by atoms with Crippen molar-refractivity contribution in [2.45, 2.75) is 31.5 Å². The van der Waals surface area contributed by atoms with Crippen molar-refractivity contribution in [3.05, 3.63) is 66.0 Å². The number of nitrogens with one attached hydrogen (secondary N) is 1. The fourth-order valence-corrected chi connectivity index (χ4v) is 3.77. The Morgan fingerprint density at radius 1 is 1.11 bits per heavy atom. The van der Waals surface area contributed by atoms with Crippen molar-refractivity contribution in [1.29, 1.82) is 0 Å². The van der Waals surface area contributed by atoms with E-state index in [1.165, 1.54) is 0 Å². The summed E-state index contributed by atoms with van der Waals surface area (Å²) in [6.07, 6.45) is 2.22. The summed E-state index contributed by atoms with van der Waals surface area (Å²) in [5.41, 5.74) is 1.47. The molecule has 3 rings (SSSR count). The van der Waals surface area contributed by atoms with Crippen LogP contribution in [0.5, 0.6) is 5.75 Å². The van der Waals surface area contributed by atoms with E-state index in [0.29, 0.717) is 11.4 Å². The highest BCUT2D eigenvalue weighted by Gasteiger charge is 2.18. The van der Waals surface area contributed by atoms with Crippen molar-refractivity contribution in [3.63, 3.8) is 0 Å². The molecule has 146 valence electrons. The van der Waals surface area contributed by atoms with Crippen LogP contribution in [0.25, 0.3) is 5.69 Å². The Balaban J connectivity index is 1.87. The number of unbranched alkanes of at least 4 members (excludes halogenated alkanes) is 1. The standard InChI is InChI=1S/C21H24N4O2S/c1-3-4-14-28-21-24-23-19(15-22-20(26)16-10-6-5-7-11-16)25(21)17-12-8-9-13-18(17)27-2/h5-13H,3-4,14-15H2,1-2H3,(H,22,26). The molecule has 0 fully saturated rings. The Bertz CT molecular complexity index is 912. The number of thioether (sulfide) groups is 1. The normalized spacial score (nSPS) is 10.6. The van der Waals surface area contributed by atoms with Gasteiger partial charge in [-0.05, 0) is 30.7 Å². The minimum Gasteiger partial charge on any atom is -0.495 e. The Kier molecular flexibility index (Phi) is 7.08. The van der Waals surface area contributed by atoms with Crippen molar-refractivity contribution in [2.75, 3.05) is 12.9 Å². The van der Waals surface area contributed by atoms with Gasteiger partial charge in [0.15, 0.2) is 11.0 Å². The van der Waals surface area contributed by atoms with Crippen LogP contribution in [-0.4, -0.2) is 33.5 Å². The molecule has 6 nitrogen and oxygen atoms in total. The van der Waals surface area contributed by atoms with Crippen molar-refractivity contribution in [3.8, 4) is 11.4 Å². The molecular formula is C21H24N4O2S. The summed E-state index contributed by atoms with van der Waals surface area (Å²) >= 11 is 1.66. The van der Waals surface area contributed by atoms with Gasteiger partial charge in [0.2, 0.25) is 0 Å². The van der Waals surface area contributed by atoms with Gasteiger partial charge in [0, 0.05) is 11.3 Å². The second-order valence-corrected chi connectivity index (χ2v) is 7.22. The zero-order chi connectivity index (χ0) is 19.8. The van der Waals surface area contributed by atoms with Crippen LogP contribution in [0.15, 0.2) is 59.8 Å². The van der Waals surface area contributed by atoms with Crippen LogP contribution in [0.3, 0.4) is 0 Å². The van der Waals surface area contributed by atoms with E-state index in [1.807, 2.05) is 47.0 Å². The number of hydrogen-bond donors (Lipinski definition) is 1. The van der Waals surface area contributed by atoms with Crippen LogP contribution >= 0.6 is 11.8 Å². The van der Waals surface area contributed by atoms with Crippen molar-refractivity contribution >= 4 is 17.7 Å². The number of nitrogens with zero attached hydrogens (tertiary/aromatic N) is 3. The van der Waals surface area contributed by atoms with Gasteiger partial charge in [0.25, 0.3) is 5.91 Å². The molecule has 7 heteroatoms. The quantitative estimate of drug-likeness (QED) is 0.436. The lowest BCUT2D eigenvalue weighted by Gasteiger charge is -2.14. The largest absolute Gasteiger partial charge is 0.495 e. The lowest BCUT2D eigenvalue weighted by atomic mass is 10.2. The monoisotopic (exact) mass is 396 g/mol. The van der Waals surface area contributed by atoms with Gasteiger partial charge in [-0.2, -0.15) is 0 Å². The van der Waals surface area contributed by atoms with Gasteiger partial charge in [-0.25, -0.2) is 0 Å². The molecule has 1 N–H and O–H groups in total. The van der Waals surface area contributed by atoms with Gasteiger partial charge in [-0.1, -0.05) is 55.4 Å². The molecule has 0 saturated heterocycles. The van der Waals surface area contributed by atoms with E-state index < -0.39 is 0 Å². The number of carbonyl (C=O) groups is 1. The summed E-state index contributed by atoms with van der Waals surface area (Å²) in [5.74, 6) is 2.21. The highest BCUT2D eigenvalue weighted by atomic mass is 32.2. The number of hydrogen-bond acceptors (Lipinski definition) is 5. The van der Waals surface area contributed by atoms with E-state index in [9.17, 15) is 4.79 Å². The second kappa shape index (κ2) is 9.94. The second-order valence-electron chi connectivity index (χ2n) is 6.16. The molecule has 1 aromatic heterocycles. The first-order valence-electron chi connectivity index (χ1n) is 9.28. The molecule has 3 aromatic rings. The Morgan fingerprint density at radius 2 is 1.86 bits per heavy atom. The van der Waals surface area contributed by atoms with Crippen molar-refractivity contribution < 1.29 is 9.53 Å². The summed E-state index contributed by atoms with van der Waals surface area (Å²) in [5, 5.41) is 12.4. The van der Waals surface area contributed by atoms with Gasteiger partial charge in [0.1, 0.15) is 5.75 Å². The predicted molar refractivity (Wildman–Crippen MR) is 111 cm³/mol. The Morgan fingerprint density at radius 3 is 2.61 bits per heavy atom. The minimum absolute atomic E-state index is 0.143. The molecule has 0 radical (unpaired) electrons. The first kappa shape index (κ1) is 19.9. The Hall–Kier alpha value is -2.80. The van der Waals surface area contributed by atoms with Gasteiger partial charge in [-0.3, -0.25) is 9.36 Å². The third-order valence-corrected chi connectivity index (χ3v) is 5.21. The number of aromatic nitrogens is 3. The molecule has 0 aliphatic heterocycles. The molecule has 2 aromatic carbocycles. The summed E-state index contributed by atoms with van der Waals surface area (Å²) in [4.78, 5) is 12.4. The number of ether oxygens (including phenoxy) is 1. The van der Waals surface area contributed by atoms with Gasteiger partial charge in [-0.15, -0.1) is 10.2 Å². The third kappa shape index (κ3) is 4.72. The molecule has 0 bridgehead atoms. The molecule has 1 heterocycles. The fourth-order valence-electron chi connectivity index (χ4n) is 2.72. The SMILES string of the molecule is CCCCSc1nnc(CNC(=O)c2ccccc2)n1-c1ccccc1OC. The maximum Gasteiger partial charge on any atom is 0.251 e. The van der Waals surface area contributed by atoms with E-state index in [4.69, 9.17) is 4.74 Å². The Labute approximate surface area is 169 Å². The van der Waals surface area contributed by atoms with E-state index in [2.05, 4.69) is 22.4 Å². The lowest BCUT2D eigenvalue weighted by molar-refractivity contribution is 0.0949. The van der Waals surface area contributed by atoms with Crippen LogP contribution < -0.4 is 10.1 Å². The van der Waals surface area contributed by atoms with Crippen LogP contribution in [-0.2, 0) is 6.54 Å². The molecule has 0 saturated carbocycles. The molecular weight excluding hydrogens is 372 g/mol. The zero-order valence-corrected chi connectivity index (χ0v) is 16.9. The van der Waals surface area contributed by atoms with Crippen LogP contribution in [0, 0.1) is 0 Å². The summed E-state index contributed by atoms with van der Waals surface area (Å²) in [7, 11) is 1.64. The van der Waals surface area contributed by atoms with Crippen LogP contribution in [0.2, 0.25) is 0 Å². The topological polar surface area (TPSA) is 69.0 Å². The third-order valence-electron chi connectivity index (χ3n) is 4.20. The van der Waals surface area contributed by atoms with Gasteiger partial charge in [0.05, 0.1) is 19.3 Å². The predicted octanol–water partition coefficient (Wildman–Crippen LogP) is 4.10. The fraction of sp³-hybridized carbons (Fsp3) is 0.286. The molecule has 0 aliphatic rings. The number of benzene rings is 2. The average Bonchev–Trinajstić information content (AvgIpc) is 3.15.